The van der Waals surface area contributed by atoms with Gasteiger partial charge in [0.05, 0.1) is 0 Å². The zero-order chi connectivity index (χ0) is 19.8. The van der Waals surface area contributed by atoms with Crippen LogP contribution in [0.15, 0.2) is 36.4 Å². The van der Waals surface area contributed by atoms with Gasteiger partial charge < -0.3 is 10.2 Å². The Balaban J connectivity index is 1.35. The molecule has 3 aliphatic heterocycles. The maximum absolute atomic E-state index is 4.38. The highest BCUT2D eigenvalue weighted by Crippen LogP contribution is 2.47. The quantitative estimate of drug-likeness (QED) is 0.768. The maximum atomic E-state index is 4.38. The second-order valence-electron chi connectivity index (χ2n) is 10.2. The molecule has 29 heavy (non-hydrogen) atoms. The molecule has 3 nitrogen and oxygen atoms in total. The van der Waals surface area contributed by atoms with Crippen LogP contribution in [0.5, 0.6) is 0 Å². The van der Waals surface area contributed by atoms with E-state index >= 15 is 0 Å². The molecule has 3 heteroatoms. The molecule has 0 bridgehead atoms. The molecular formula is C26H39N3. The monoisotopic (exact) mass is 393 g/mol. The van der Waals surface area contributed by atoms with Crippen molar-refractivity contribution in [2.75, 3.05) is 32.7 Å². The lowest BCUT2D eigenvalue weighted by Gasteiger charge is -2.55. The van der Waals surface area contributed by atoms with E-state index < -0.39 is 0 Å². The predicted octanol–water partition coefficient (Wildman–Crippen LogP) is 4.33. The predicted molar refractivity (Wildman–Crippen MR) is 121 cm³/mol. The first kappa shape index (κ1) is 19.8. The Kier molecular flexibility index (Phi) is 5.57. The second kappa shape index (κ2) is 8.17. The van der Waals surface area contributed by atoms with E-state index in [1.807, 2.05) is 0 Å². The maximum Gasteiger partial charge on any atom is 0.0240 e. The van der Waals surface area contributed by atoms with Gasteiger partial charge in [-0.1, -0.05) is 49.8 Å². The molecule has 158 valence electrons. The van der Waals surface area contributed by atoms with E-state index in [0.29, 0.717) is 5.41 Å². The minimum Gasteiger partial charge on any atom is -0.317 e. The summed E-state index contributed by atoms with van der Waals surface area (Å²) in [5, 5.41) is 3.53. The molecule has 1 aliphatic carbocycles. The average molecular weight is 394 g/mol. The number of rotatable bonds is 4. The van der Waals surface area contributed by atoms with Gasteiger partial charge in [-0.2, -0.15) is 0 Å². The van der Waals surface area contributed by atoms with Crippen molar-refractivity contribution in [3.05, 3.63) is 47.5 Å². The van der Waals surface area contributed by atoms with Gasteiger partial charge >= 0.3 is 0 Å². The standard InChI is InChI=1S/C26H39N3/c1-3-6-23-20(2)17-25(23)29-18-21-7-4-5-8-24(21)26(19-29)11-15-28(16-12-26)22-9-13-27-14-10-22/h4-5,7-8,22-23,25,27H,2-3,6,9-19H2,1H3. The van der Waals surface area contributed by atoms with Gasteiger partial charge in [-0.15, -0.1) is 0 Å². The molecule has 5 rings (SSSR count). The smallest absolute Gasteiger partial charge is 0.0240 e. The topological polar surface area (TPSA) is 18.5 Å². The summed E-state index contributed by atoms with van der Waals surface area (Å²) < 4.78 is 0. The first-order valence-corrected chi connectivity index (χ1v) is 12.1. The zero-order valence-electron chi connectivity index (χ0n) is 18.3. The van der Waals surface area contributed by atoms with Crippen molar-refractivity contribution in [1.29, 1.82) is 0 Å². The summed E-state index contributed by atoms with van der Waals surface area (Å²) in [7, 11) is 0. The van der Waals surface area contributed by atoms with Gasteiger partial charge in [-0.3, -0.25) is 4.90 Å². The average Bonchev–Trinajstić information content (AvgIpc) is 2.77. The van der Waals surface area contributed by atoms with Crippen molar-refractivity contribution in [2.24, 2.45) is 5.92 Å². The third kappa shape index (κ3) is 3.60. The summed E-state index contributed by atoms with van der Waals surface area (Å²) in [6.07, 6.45) is 9.15. The van der Waals surface area contributed by atoms with Crippen LogP contribution in [0, 0.1) is 5.92 Å². The highest BCUT2D eigenvalue weighted by Gasteiger charge is 2.47. The molecule has 2 unspecified atom stereocenters. The second-order valence-corrected chi connectivity index (χ2v) is 10.2. The Labute approximate surface area is 177 Å². The van der Waals surface area contributed by atoms with Crippen molar-refractivity contribution in [2.45, 2.75) is 75.9 Å². The van der Waals surface area contributed by atoms with Gasteiger partial charge in [0.1, 0.15) is 0 Å². The van der Waals surface area contributed by atoms with Gasteiger partial charge in [-0.05, 0) is 81.7 Å². The van der Waals surface area contributed by atoms with E-state index in [1.54, 1.807) is 11.1 Å². The Morgan fingerprint density at radius 3 is 2.59 bits per heavy atom. The van der Waals surface area contributed by atoms with Crippen LogP contribution in [0.25, 0.3) is 0 Å². The number of fused-ring (bicyclic) bond motifs is 2. The number of benzene rings is 1. The molecule has 1 aromatic carbocycles. The van der Waals surface area contributed by atoms with E-state index in [2.05, 4.69) is 52.9 Å². The summed E-state index contributed by atoms with van der Waals surface area (Å²) in [6, 6.07) is 10.9. The molecule has 1 saturated carbocycles. The van der Waals surface area contributed by atoms with Crippen LogP contribution in [0.2, 0.25) is 0 Å². The van der Waals surface area contributed by atoms with Gasteiger partial charge in [0.2, 0.25) is 0 Å². The lowest BCUT2D eigenvalue weighted by Crippen LogP contribution is -2.58. The fourth-order valence-electron chi connectivity index (χ4n) is 6.84. The third-order valence-corrected chi connectivity index (χ3v) is 8.58. The highest BCUT2D eigenvalue weighted by atomic mass is 15.2. The van der Waals surface area contributed by atoms with Gasteiger partial charge in [0.15, 0.2) is 0 Å². The van der Waals surface area contributed by atoms with Gasteiger partial charge in [-0.25, -0.2) is 0 Å². The molecule has 3 heterocycles. The van der Waals surface area contributed by atoms with Crippen molar-refractivity contribution < 1.29 is 0 Å². The van der Waals surface area contributed by atoms with E-state index in [4.69, 9.17) is 0 Å². The molecule has 2 saturated heterocycles. The number of likely N-dealkylation sites (tertiary alicyclic amines) is 1. The Bertz CT molecular complexity index is 727. The van der Waals surface area contributed by atoms with Crippen LogP contribution in [0.3, 0.4) is 0 Å². The number of nitrogens with zero attached hydrogens (tertiary/aromatic N) is 2. The number of hydrogen-bond acceptors (Lipinski definition) is 3. The van der Waals surface area contributed by atoms with E-state index in [0.717, 1.165) is 24.5 Å². The van der Waals surface area contributed by atoms with Crippen molar-refractivity contribution in [3.63, 3.8) is 0 Å². The molecule has 2 atom stereocenters. The van der Waals surface area contributed by atoms with E-state index in [-0.39, 0.29) is 0 Å². The van der Waals surface area contributed by atoms with Crippen molar-refractivity contribution in [1.82, 2.24) is 15.1 Å². The molecular weight excluding hydrogens is 354 g/mol. The van der Waals surface area contributed by atoms with Gasteiger partial charge in [0, 0.05) is 30.6 Å². The minimum absolute atomic E-state index is 0.367. The Morgan fingerprint density at radius 2 is 1.86 bits per heavy atom. The summed E-state index contributed by atoms with van der Waals surface area (Å²) in [5.41, 5.74) is 5.14. The van der Waals surface area contributed by atoms with Crippen LogP contribution in [-0.4, -0.2) is 54.6 Å². The van der Waals surface area contributed by atoms with Crippen LogP contribution >= 0.6 is 0 Å². The molecule has 0 radical (unpaired) electrons. The normalized spacial score (nSPS) is 30.9. The molecule has 3 fully saturated rings. The van der Waals surface area contributed by atoms with Crippen LogP contribution in [-0.2, 0) is 12.0 Å². The molecule has 0 amide bonds. The minimum atomic E-state index is 0.367. The molecule has 1 spiro atoms. The molecule has 0 aromatic heterocycles. The SMILES string of the molecule is C=C1CC(N2Cc3ccccc3C3(CCN(C4CCNCC4)CC3)C2)C1CCC. The van der Waals surface area contributed by atoms with Crippen molar-refractivity contribution >= 4 is 0 Å². The Morgan fingerprint density at radius 1 is 1.10 bits per heavy atom. The van der Waals surface area contributed by atoms with E-state index in [1.165, 1.54) is 83.2 Å². The summed E-state index contributed by atoms with van der Waals surface area (Å²) in [6.45, 7) is 14.1. The summed E-state index contributed by atoms with van der Waals surface area (Å²) in [4.78, 5) is 5.68. The molecule has 1 N–H and O–H groups in total. The molecule has 1 aromatic rings. The van der Waals surface area contributed by atoms with Crippen LogP contribution < -0.4 is 5.32 Å². The lowest BCUT2D eigenvalue weighted by molar-refractivity contribution is 0.0237. The number of hydrogen-bond donors (Lipinski definition) is 1. The number of nitrogens with one attached hydrogen (secondary N) is 1. The fraction of sp³-hybridized carbons (Fsp3) is 0.692. The lowest BCUT2D eigenvalue weighted by atomic mass is 9.65. The number of piperidine rings is 2. The van der Waals surface area contributed by atoms with Crippen molar-refractivity contribution in [3.8, 4) is 0 Å². The summed E-state index contributed by atoms with van der Waals surface area (Å²) in [5.74, 6) is 0.733. The summed E-state index contributed by atoms with van der Waals surface area (Å²) >= 11 is 0. The highest BCUT2D eigenvalue weighted by molar-refractivity contribution is 5.38. The van der Waals surface area contributed by atoms with E-state index in [9.17, 15) is 0 Å². The Hall–Kier alpha value is -1.16. The zero-order valence-corrected chi connectivity index (χ0v) is 18.3. The molecule has 4 aliphatic rings. The third-order valence-electron chi connectivity index (χ3n) is 8.58. The fourth-order valence-corrected chi connectivity index (χ4v) is 6.84. The van der Waals surface area contributed by atoms with Crippen LogP contribution in [0.4, 0.5) is 0 Å². The first-order chi connectivity index (χ1) is 14.2. The largest absolute Gasteiger partial charge is 0.317 e. The first-order valence-electron chi connectivity index (χ1n) is 12.1. The van der Waals surface area contributed by atoms with Gasteiger partial charge in [0.25, 0.3) is 0 Å². The van der Waals surface area contributed by atoms with Crippen LogP contribution in [0.1, 0.15) is 63.0 Å².